The fourth-order valence-electron chi connectivity index (χ4n) is 3.56. The Balaban J connectivity index is 1.93. The van der Waals surface area contributed by atoms with Gasteiger partial charge in [0.15, 0.2) is 5.75 Å². The van der Waals surface area contributed by atoms with Crippen LogP contribution in [0.5, 0.6) is 11.5 Å². The Morgan fingerprint density at radius 3 is 2.86 bits per heavy atom. The van der Waals surface area contributed by atoms with Gasteiger partial charge < -0.3 is 15.4 Å². The molecule has 1 saturated heterocycles. The van der Waals surface area contributed by atoms with Gasteiger partial charge in [0.1, 0.15) is 5.75 Å². The van der Waals surface area contributed by atoms with E-state index in [1.165, 1.54) is 11.1 Å². The number of benzene rings is 2. The minimum absolute atomic E-state index is 0.237. The lowest BCUT2D eigenvalue weighted by Gasteiger charge is -2.39. The quantitative estimate of drug-likeness (QED) is 0.798. The van der Waals surface area contributed by atoms with E-state index >= 15 is 0 Å². The van der Waals surface area contributed by atoms with E-state index in [1.54, 1.807) is 0 Å². The SMILES string of the molecule is Cc1cccc2c1Oc1ccccc1N1CC(N)CCC21. The minimum Gasteiger partial charge on any atom is -0.455 e. The van der Waals surface area contributed by atoms with Gasteiger partial charge in [0.25, 0.3) is 0 Å². The Kier molecular flexibility index (Phi) is 2.89. The van der Waals surface area contributed by atoms with Crippen molar-refractivity contribution in [2.24, 2.45) is 5.73 Å². The van der Waals surface area contributed by atoms with Crippen LogP contribution in [-0.4, -0.2) is 12.6 Å². The molecule has 2 aromatic rings. The van der Waals surface area contributed by atoms with Gasteiger partial charge in [-0.1, -0.05) is 30.3 Å². The zero-order valence-electron chi connectivity index (χ0n) is 12.3. The highest BCUT2D eigenvalue weighted by Gasteiger charge is 2.34. The third kappa shape index (κ3) is 2.00. The number of hydrogen-bond donors (Lipinski definition) is 1. The van der Waals surface area contributed by atoms with E-state index in [4.69, 9.17) is 10.5 Å². The maximum Gasteiger partial charge on any atom is 0.150 e. The summed E-state index contributed by atoms with van der Waals surface area (Å²) in [5.41, 5.74) is 9.86. The normalized spacial score (nSPS) is 23.4. The second-order valence-corrected chi connectivity index (χ2v) is 6.07. The highest BCUT2D eigenvalue weighted by Crippen LogP contribution is 2.48. The van der Waals surface area contributed by atoms with E-state index in [1.807, 2.05) is 12.1 Å². The number of aryl methyl sites for hydroxylation is 1. The molecule has 3 nitrogen and oxygen atoms in total. The molecular weight excluding hydrogens is 260 g/mol. The molecule has 108 valence electrons. The second-order valence-electron chi connectivity index (χ2n) is 6.07. The summed E-state index contributed by atoms with van der Waals surface area (Å²) in [6.07, 6.45) is 2.14. The first-order valence-electron chi connectivity index (χ1n) is 7.62. The van der Waals surface area contributed by atoms with Gasteiger partial charge >= 0.3 is 0 Å². The highest BCUT2D eigenvalue weighted by atomic mass is 16.5. The molecule has 0 bridgehead atoms. The zero-order chi connectivity index (χ0) is 14.4. The molecule has 2 aliphatic rings. The summed E-state index contributed by atoms with van der Waals surface area (Å²) in [4.78, 5) is 2.43. The number of nitrogens with two attached hydrogens (primary N) is 1. The van der Waals surface area contributed by atoms with Crippen molar-refractivity contribution in [3.8, 4) is 11.5 Å². The average molecular weight is 280 g/mol. The number of nitrogens with zero attached hydrogens (tertiary/aromatic N) is 1. The molecule has 0 aliphatic carbocycles. The molecule has 2 unspecified atom stereocenters. The first-order chi connectivity index (χ1) is 10.2. The van der Waals surface area contributed by atoms with Crippen molar-refractivity contribution in [3.05, 3.63) is 53.6 Å². The topological polar surface area (TPSA) is 38.5 Å². The van der Waals surface area contributed by atoms with Crippen molar-refractivity contribution in [1.29, 1.82) is 0 Å². The van der Waals surface area contributed by atoms with Crippen molar-refractivity contribution >= 4 is 5.69 Å². The van der Waals surface area contributed by atoms with Crippen LogP contribution in [0, 0.1) is 6.92 Å². The van der Waals surface area contributed by atoms with Gasteiger partial charge in [0, 0.05) is 18.2 Å². The number of para-hydroxylation sites is 3. The molecule has 2 aliphatic heterocycles. The molecule has 4 rings (SSSR count). The van der Waals surface area contributed by atoms with Gasteiger partial charge in [-0.25, -0.2) is 0 Å². The van der Waals surface area contributed by atoms with Gasteiger partial charge in [-0.2, -0.15) is 0 Å². The third-order valence-corrected chi connectivity index (χ3v) is 4.61. The van der Waals surface area contributed by atoms with Crippen LogP contribution >= 0.6 is 0 Å². The monoisotopic (exact) mass is 280 g/mol. The van der Waals surface area contributed by atoms with Gasteiger partial charge in [-0.05, 0) is 37.5 Å². The standard InChI is InChI=1S/C18H20N2O/c1-12-5-4-6-14-15-10-9-13(19)11-20(15)16-7-2-3-8-17(16)21-18(12)14/h2-8,13,15H,9-11,19H2,1H3. The fraction of sp³-hybridized carbons (Fsp3) is 0.333. The van der Waals surface area contributed by atoms with Gasteiger partial charge in [0.2, 0.25) is 0 Å². The predicted octanol–water partition coefficient (Wildman–Crippen LogP) is 3.77. The summed E-state index contributed by atoms with van der Waals surface area (Å²) < 4.78 is 6.28. The van der Waals surface area contributed by atoms with Crippen molar-refractivity contribution < 1.29 is 4.74 Å². The molecule has 0 aromatic heterocycles. The number of piperidine rings is 1. The van der Waals surface area contributed by atoms with Crippen LogP contribution in [0.3, 0.4) is 0 Å². The zero-order valence-corrected chi connectivity index (χ0v) is 12.3. The van der Waals surface area contributed by atoms with E-state index < -0.39 is 0 Å². The number of hydrogen-bond acceptors (Lipinski definition) is 3. The van der Waals surface area contributed by atoms with Crippen molar-refractivity contribution in [1.82, 2.24) is 0 Å². The smallest absolute Gasteiger partial charge is 0.150 e. The fourth-order valence-corrected chi connectivity index (χ4v) is 3.56. The summed E-state index contributed by atoms with van der Waals surface area (Å²) in [6, 6.07) is 15.3. The van der Waals surface area contributed by atoms with Crippen molar-refractivity contribution in [3.63, 3.8) is 0 Å². The van der Waals surface area contributed by atoms with E-state index in [-0.39, 0.29) is 6.04 Å². The first-order valence-corrected chi connectivity index (χ1v) is 7.62. The minimum atomic E-state index is 0.237. The average Bonchev–Trinajstić information content (AvgIpc) is 2.63. The third-order valence-electron chi connectivity index (χ3n) is 4.61. The number of rotatable bonds is 0. The van der Waals surface area contributed by atoms with E-state index in [0.717, 1.165) is 36.6 Å². The van der Waals surface area contributed by atoms with Gasteiger partial charge in [0.05, 0.1) is 11.7 Å². The van der Waals surface area contributed by atoms with Crippen LogP contribution in [0.4, 0.5) is 5.69 Å². The first kappa shape index (κ1) is 12.7. The Morgan fingerprint density at radius 2 is 1.95 bits per heavy atom. The molecule has 0 saturated carbocycles. The molecule has 2 N–H and O–H groups in total. The Morgan fingerprint density at radius 1 is 1.10 bits per heavy atom. The largest absolute Gasteiger partial charge is 0.455 e. The number of fused-ring (bicyclic) bond motifs is 5. The molecule has 0 radical (unpaired) electrons. The van der Waals surface area contributed by atoms with Crippen LogP contribution < -0.4 is 15.4 Å². The van der Waals surface area contributed by atoms with Crippen LogP contribution in [-0.2, 0) is 0 Å². The molecule has 3 heteroatoms. The Labute approximate surface area is 125 Å². The maximum absolute atomic E-state index is 6.28. The van der Waals surface area contributed by atoms with Crippen LogP contribution in [0.15, 0.2) is 42.5 Å². The van der Waals surface area contributed by atoms with Crippen LogP contribution in [0.1, 0.15) is 30.0 Å². The summed E-state index contributed by atoms with van der Waals surface area (Å²) >= 11 is 0. The molecule has 1 fully saturated rings. The lowest BCUT2D eigenvalue weighted by atomic mass is 9.91. The summed E-state index contributed by atoms with van der Waals surface area (Å²) in [5, 5.41) is 0. The van der Waals surface area contributed by atoms with Crippen molar-refractivity contribution in [2.45, 2.75) is 31.8 Å². The van der Waals surface area contributed by atoms with E-state index in [9.17, 15) is 0 Å². The molecule has 2 heterocycles. The number of ether oxygens (including phenoxy) is 1. The predicted molar refractivity (Wildman–Crippen MR) is 85.0 cm³/mol. The van der Waals surface area contributed by atoms with Gasteiger partial charge in [-0.3, -0.25) is 0 Å². The molecule has 0 amide bonds. The van der Waals surface area contributed by atoms with E-state index in [2.05, 4.69) is 42.2 Å². The molecule has 0 spiro atoms. The lowest BCUT2D eigenvalue weighted by Crippen LogP contribution is -2.44. The molecule has 21 heavy (non-hydrogen) atoms. The highest BCUT2D eigenvalue weighted by molar-refractivity contribution is 5.65. The summed E-state index contributed by atoms with van der Waals surface area (Å²) in [6.45, 7) is 3.00. The summed E-state index contributed by atoms with van der Waals surface area (Å²) in [7, 11) is 0. The van der Waals surface area contributed by atoms with Gasteiger partial charge in [-0.15, -0.1) is 0 Å². The molecule has 2 aromatic carbocycles. The number of anilines is 1. The van der Waals surface area contributed by atoms with E-state index in [0.29, 0.717) is 6.04 Å². The lowest BCUT2D eigenvalue weighted by molar-refractivity contribution is 0.426. The Bertz CT molecular complexity index is 683. The maximum atomic E-state index is 6.28. The van der Waals surface area contributed by atoms with Crippen molar-refractivity contribution in [2.75, 3.05) is 11.4 Å². The van der Waals surface area contributed by atoms with Crippen LogP contribution in [0.25, 0.3) is 0 Å². The molecular formula is C18H20N2O. The second kappa shape index (κ2) is 4.78. The summed E-state index contributed by atoms with van der Waals surface area (Å²) in [5.74, 6) is 1.96. The van der Waals surface area contributed by atoms with Crippen LogP contribution in [0.2, 0.25) is 0 Å². The Hall–Kier alpha value is -2.00. The molecule has 2 atom stereocenters.